The van der Waals surface area contributed by atoms with E-state index >= 15 is 0 Å². The SMILES string of the molecule is CCc1cccc(CC)c1NC(=O)C[NH+]1CCc2sccc2[C@H]1C. The van der Waals surface area contributed by atoms with Crippen molar-refractivity contribution in [2.24, 2.45) is 0 Å². The molecule has 4 heteroatoms. The zero-order valence-electron chi connectivity index (χ0n) is 14.8. The molecule has 1 aromatic heterocycles. The molecule has 1 amide bonds. The van der Waals surface area contributed by atoms with E-state index in [9.17, 15) is 4.79 Å². The molecule has 0 saturated carbocycles. The minimum Gasteiger partial charge on any atom is -0.321 e. The van der Waals surface area contributed by atoms with Crippen LogP contribution >= 0.6 is 11.3 Å². The fourth-order valence-electron chi connectivity index (χ4n) is 3.68. The van der Waals surface area contributed by atoms with Crippen molar-refractivity contribution in [1.29, 1.82) is 0 Å². The molecular formula is C20H27N2OS+. The second-order valence-corrected chi connectivity index (χ2v) is 7.56. The summed E-state index contributed by atoms with van der Waals surface area (Å²) in [6.45, 7) is 8.10. The molecule has 3 nitrogen and oxygen atoms in total. The summed E-state index contributed by atoms with van der Waals surface area (Å²) in [4.78, 5) is 15.5. The van der Waals surface area contributed by atoms with E-state index in [0.29, 0.717) is 12.6 Å². The van der Waals surface area contributed by atoms with Gasteiger partial charge in [0, 0.05) is 22.5 Å². The molecule has 3 rings (SSSR count). The number of hydrogen-bond donors (Lipinski definition) is 2. The molecule has 0 bridgehead atoms. The molecule has 2 heterocycles. The lowest BCUT2D eigenvalue weighted by Crippen LogP contribution is -3.14. The zero-order chi connectivity index (χ0) is 17.1. The molecule has 0 saturated heterocycles. The lowest BCUT2D eigenvalue weighted by Gasteiger charge is -2.30. The fraction of sp³-hybridized carbons (Fsp3) is 0.450. The van der Waals surface area contributed by atoms with Gasteiger partial charge in [-0.2, -0.15) is 0 Å². The van der Waals surface area contributed by atoms with Crippen LogP contribution in [0.25, 0.3) is 0 Å². The third kappa shape index (κ3) is 3.40. The van der Waals surface area contributed by atoms with Crippen LogP contribution in [0.1, 0.15) is 48.4 Å². The monoisotopic (exact) mass is 343 g/mol. The van der Waals surface area contributed by atoms with Crippen molar-refractivity contribution in [2.45, 2.75) is 46.1 Å². The van der Waals surface area contributed by atoms with Gasteiger partial charge in [-0.25, -0.2) is 0 Å². The average Bonchev–Trinajstić information content (AvgIpc) is 3.07. The molecule has 128 valence electrons. The summed E-state index contributed by atoms with van der Waals surface area (Å²) >= 11 is 1.85. The van der Waals surface area contributed by atoms with E-state index in [4.69, 9.17) is 0 Å². The number of carbonyl (C=O) groups excluding carboxylic acids is 1. The number of fused-ring (bicyclic) bond motifs is 1. The van der Waals surface area contributed by atoms with Gasteiger partial charge < -0.3 is 10.2 Å². The first-order chi connectivity index (χ1) is 11.6. The van der Waals surface area contributed by atoms with Crippen molar-refractivity contribution in [1.82, 2.24) is 0 Å². The van der Waals surface area contributed by atoms with Crippen LogP contribution in [0.3, 0.4) is 0 Å². The second kappa shape index (κ2) is 7.49. The summed E-state index contributed by atoms with van der Waals surface area (Å²) in [5.74, 6) is 0.131. The maximum atomic E-state index is 12.7. The van der Waals surface area contributed by atoms with Crippen LogP contribution in [0, 0.1) is 0 Å². The van der Waals surface area contributed by atoms with Gasteiger partial charge in [0.1, 0.15) is 6.04 Å². The minimum atomic E-state index is 0.131. The predicted molar refractivity (Wildman–Crippen MR) is 101 cm³/mol. The molecule has 1 aromatic carbocycles. The van der Waals surface area contributed by atoms with Gasteiger partial charge in [0.15, 0.2) is 6.54 Å². The molecule has 2 N–H and O–H groups in total. The molecule has 24 heavy (non-hydrogen) atoms. The molecule has 1 aliphatic rings. The van der Waals surface area contributed by atoms with Crippen LogP contribution in [-0.4, -0.2) is 19.0 Å². The van der Waals surface area contributed by atoms with Gasteiger partial charge in [0.25, 0.3) is 5.91 Å². The third-order valence-corrected chi connectivity index (χ3v) is 6.18. The third-order valence-electron chi connectivity index (χ3n) is 5.18. The zero-order valence-corrected chi connectivity index (χ0v) is 15.6. The molecule has 1 aliphatic heterocycles. The standard InChI is InChI=1S/C20H26N2OS/c1-4-15-7-6-8-16(5-2)20(15)21-19(23)13-22-11-9-18-17(14(22)3)10-12-24-18/h6-8,10,12,14H,4-5,9,11,13H2,1-3H3,(H,21,23)/p+1/t14-/m1/s1. The number of benzene rings is 1. The van der Waals surface area contributed by atoms with Gasteiger partial charge in [-0.3, -0.25) is 4.79 Å². The van der Waals surface area contributed by atoms with Gasteiger partial charge in [0.2, 0.25) is 0 Å². The summed E-state index contributed by atoms with van der Waals surface area (Å²) in [6.07, 6.45) is 2.97. The highest BCUT2D eigenvalue weighted by Gasteiger charge is 2.29. The summed E-state index contributed by atoms with van der Waals surface area (Å²) in [6, 6.07) is 8.94. The number of thiophene rings is 1. The fourth-order valence-corrected chi connectivity index (χ4v) is 4.66. The molecule has 0 aliphatic carbocycles. The van der Waals surface area contributed by atoms with E-state index in [1.165, 1.54) is 26.5 Å². The second-order valence-electron chi connectivity index (χ2n) is 6.56. The van der Waals surface area contributed by atoms with Gasteiger partial charge in [-0.05, 0) is 42.3 Å². The Kier molecular flexibility index (Phi) is 5.36. The predicted octanol–water partition coefficient (Wildman–Crippen LogP) is 3.01. The number of para-hydroxylation sites is 1. The van der Waals surface area contributed by atoms with Crippen LogP contribution in [0.4, 0.5) is 5.69 Å². The van der Waals surface area contributed by atoms with E-state index in [-0.39, 0.29) is 5.91 Å². The van der Waals surface area contributed by atoms with E-state index in [0.717, 1.165) is 31.5 Å². The Balaban J connectivity index is 1.71. The van der Waals surface area contributed by atoms with Gasteiger partial charge in [-0.1, -0.05) is 32.0 Å². The molecule has 2 aromatic rings. The lowest BCUT2D eigenvalue weighted by atomic mass is 10.0. The van der Waals surface area contributed by atoms with E-state index < -0.39 is 0 Å². The van der Waals surface area contributed by atoms with Crippen molar-refractivity contribution in [3.63, 3.8) is 0 Å². The Morgan fingerprint density at radius 1 is 1.25 bits per heavy atom. The molecule has 0 radical (unpaired) electrons. The first kappa shape index (κ1) is 17.2. The van der Waals surface area contributed by atoms with Gasteiger partial charge in [0.05, 0.1) is 6.54 Å². The first-order valence-electron chi connectivity index (χ1n) is 8.95. The molecule has 1 unspecified atom stereocenters. The normalized spacial score (nSPS) is 19.8. The van der Waals surface area contributed by atoms with Crippen molar-refractivity contribution in [2.75, 3.05) is 18.4 Å². The number of quaternary nitrogens is 1. The van der Waals surface area contributed by atoms with Crippen LogP contribution in [-0.2, 0) is 24.1 Å². The number of nitrogens with one attached hydrogen (secondary N) is 2. The highest BCUT2D eigenvalue weighted by molar-refractivity contribution is 7.10. The smallest absolute Gasteiger partial charge is 0.279 e. The largest absolute Gasteiger partial charge is 0.321 e. The van der Waals surface area contributed by atoms with Crippen LogP contribution in [0.15, 0.2) is 29.6 Å². The number of amides is 1. The van der Waals surface area contributed by atoms with Crippen molar-refractivity contribution < 1.29 is 9.69 Å². The van der Waals surface area contributed by atoms with E-state index in [2.05, 4.69) is 55.7 Å². The maximum absolute atomic E-state index is 12.7. The van der Waals surface area contributed by atoms with E-state index in [1.54, 1.807) is 0 Å². The highest BCUT2D eigenvalue weighted by Crippen LogP contribution is 2.25. The van der Waals surface area contributed by atoms with Crippen molar-refractivity contribution in [3.8, 4) is 0 Å². The molecule has 0 fully saturated rings. The first-order valence-corrected chi connectivity index (χ1v) is 9.83. The summed E-state index contributed by atoms with van der Waals surface area (Å²) in [7, 11) is 0. The Labute approximate surface area is 148 Å². The number of anilines is 1. The minimum absolute atomic E-state index is 0.131. The average molecular weight is 344 g/mol. The number of aryl methyl sites for hydroxylation is 2. The quantitative estimate of drug-likeness (QED) is 0.860. The Morgan fingerprint density at radius 3 is 2.62 bits per heavy atom. The topological polar surface area (TPSA) is 33.5 Å². The van der Waals surface area contributed by atoms with Crippen molar-refractivity contribution in [3.05, 3.63) is 51.2 Å². The Hall–Kier alpha value is -1.65. The summed E-state index contributed by atoms with van der Waals surface area (Å²) in [5, 5.41) is 5.39. The molecular weight excluding hydrogens is 316 g/mol. The Bertz CT molecular complexity index is 700. The summed E-state index contributed by atoms with van der Waals surface area (Å²) < 4.78 is 0. The summed E-state index contributed by atoms with van der Waals surface area (Å²) in [5.41, 5.74) is 4.92. The van der Waals surface area contributed by atoms with Crippen LogP contribution < -0.4 is 10.2 Å². The lowest BCUT2D eigenvalue weighted by molar-refractivity contribution is -0.923. The van der Waals surface area contributed by atoms with Crippen LogP contribution in [0.5, 0.6) is 0 Å². The van der Waals surface area contributed by atoms with E-state index in [1.807, 2.05) is 11.3 Å². The maximum Gasteiger partial charge on any atom is 0.279 e. The van der Waals surface area contributed by atoms with Crippen LogP contribution in [0.2, 0.25) is 0 Å². The Morgan fingerprint density at radius 2 is 1.96 bits per heavy atom. The number of rotatable bonds is 5. The van der Waals surface area contributed by atoms with Gasteiger partial charge >= 0.3 is 0 Å². The highest BCUT2D eigenvalue weighted by atomic mass is 32.1. The number of carbonyl (C=O) groups is 1. The number of hydrogen-bond acceptors (Lipinski definition) is 2. The van der Waals surface area contributed by atoms with Crippen molar-refractivity contribution >= 4 is 22.9 Å². The molecule has 2 atom stereocenters. The van der Waals surface area contributed by atoms with Gasteiger partial charge in [-0.15, -0.1) is 11.3 Å². The molecule has 0 spiro atoms.